The number of aliphatic hydroxyl groups is 1. The molecule has 1 rings (SSSR count). The second-order valence-corrected chi connectivity index (χ2v) is 5.63. The molecule has 1 unspecified atom stereocenters. The van der Waals surface area contributed by atoms with Gasteiger partial charge in [0.2, 0.25) is 5.91 Å². The molecule has 7 heteroatoms. The predicted octanol–water partition coefficient (Wildman–Crippen LogP) is 2.35. The minimum Gasteiger partial charge on any atom is -0.481 e. The van der Waals surface area contributed by atoms with Crippen LogP contribution in [0.4, 0.5) is 0 Å². The number of carbonyl (C=O) groups excluding carboxylic acids is 1. The molecule has 5 nitrogen and oxygen atoms in total. The summed E-state index contributed by atoms with van der Waals surface area (Å²) in [5, 5.41) is 21.7. The lowest BCUT2D eigenvalue weighted by atomic mass is 10.0. The smallest absolute Gasteiger partial charge is 0.306 e. The summed E-state index contributed by atoms with van der Waals surface area (Å²) in [6, 6.07) is 4.86. The molecule has 114 valence electrons. The third kappa shape index (κ3) is 6.62. The Morgan fingerprint density at radius 3 is 2.62 bits per heavy atom. The monoisotopic (exact) mass is 331 g/mol. The van der Waals surface area contributed by atoms with Gasteiger partial charge in [-0.05, 0) is 30.7 Å². The Morgan fingerprint density at radius 2 is 2.05 bits per heavy atom. The molecular formula is C14H15Cl2NO4. The summed E-state index contributed by atoms with van der Waals surface area (Å²) in [6.45, 7) is 1.16. The lowest BCUT2D eigenvalue weighted by molar-refractivity contribution is -0.142. The van der Waals surface area contributed by atoms with E-state index in [2.05, 4.69) is 5.32 Å². The first-order valence-corrected chi connectivity index (χ1v) is 6.80. The molecule has 1 atom stereocenters. The number of halogens is 2. The van der Waals surface area contributed by atoms with Crippen LogP contribution < -0.4 is 5.32 Å². The lowest BCUT2D eigenvalue weighted by Crippen LogP contribution is -2.41. The minimum atomic E-state index is -1.51. The maximum absolute atomic E-state index is 11.6. The van der Waals surface area contributed by atoms with E-state index in [1.807, 2.05) is 0 Å². The second kappa shape index (κ2) is 7.45. The van der Waals surface area contributed by atoms with Crippen LogP contribution in [-0.2, 0) is 9.59 Å². The zero-order valence-corrected chi connectivity index (χ0v) is 12.8. The molecule has 0 bridgehead atoms. The van der Waals surface area contributed by atoms with Crippen molar-refractivity contribution < 1.29 is 19.8 Å². The van der Waals surface area contributed by atoms with Gasteiger partial charge in [-0.3, -0.25) is 9.59 Å². The number of carboxylic acids is 1. The Hall–Kier alpha value is -1.56. The quantitative estimate of drug-likeness (QED) is 0.698. The van der Waals surface area contributed by atoms with Crippen LogP contribution in [0.1, 0.15) is 18.9 Å². The maximum Gasteiger partial charge on any atom is 0.306 e. The number of rotatable bonds is 6. The summed E-state index contributed by atoms with van der Waals surface area (Å²) in [5.41, 5.74) is -0.888. The summed E-state index contributed by atoms with van der Waals surface area (Å²) in [6.07, 6.45) is 2.28. The van der Waals surface area contributed by atoms with Crippen molar-refractivity contribution >= 4 is 41.2 Å². The van der Waals surface area contributed by atoms with Crippen LogP contribution in [0.2, 0.25) is 10.0 Å². The van der Waals surface area contributed by atoms with Gasteiger partial charge in [-0.2, -0.15) is 0 Å². The fraction of sp³-hybridized carbons (Fsp3) is 0.286. The average molecular weight is 332 g/mol. The molecule has 1 aromatic rings. The number of hydrogen-bond donors (Lipinski definition) is 3. The van der Waals surface area contributed by atoms with Crippen LogP contribution >= 0.6 is 23.2 Å². The Kier molecular flexibility index (Phi) is 6.20. The van der Waals surface area contributed by atoms with E-state index in [1.54, 1.807) is 18.2 Å². The van der Waals surface area contributed by atoms with Crippen molar-refractivity contribution in [2.24, 2.45) is 0 Å². The molecule has 0 aliphatic carbocycles. The van der Waals surface area contributed by atoms with Crippen molar-refractivity contribution in [1.29, 1.82) is 0 Å². The first kappa shape index (κ1) is 17.5. The van der Waals surface area contributed by atoms with Gasteiger partial charge in [-0.1, -0.05) is 29.3 Å². The van der Waals surface area contributed by atoms with Crippen LogP contribution in [0.3, 0.4) is 0 Å². The summed E-state index contributed by atoms with van der Waals surface area (Å²) < 4.78 is 0. The largest absolute Gasteiger partial charge is 0.481 e. The first-order valence-electron chi connectivity index (χ1n) is 6.05. The molecule has 0 aliphatic rings. The van der Waals surface area contributed by atoms with Gasteiger partial charge in [-0.15, -0.1) is 0 Å². The zero-order valence-electron chi connectivity index (χ0n) is 11.3. The molecule has 0 aliphatic heterocycles. The number of carbonyl (C=O) groups is 2. The fourth-order valence-electron chi connectivity index (χ4n) is 1.53. The highest BCUT2D eigenvalue weighted by Gasteiger charge is 2.24. The molecule has 0 spiro atoms. The van der Waals surface area contributed by atoms with E-state index in [9.17, 15) is 14.7 Å². The van der Waals surface area contributed by atoms with E-state index < -0.39 is 23.9 Å². The molecule has 0 heterocycles. The van der Waals surface area contributed by atoms with Gasteiger partial charge in [0.15, 0.2) is 0 Å². The Balaban J connectivity index is 2.57. The van der Waals surface area contributed by atoms with Gasteiger partial charge in [0.25, 0.3) is 0 Å². The number of carboxylic acid groups (broad SMARTS) is 1. The number of nitrogens with one attached hydrogen (secondary N) is 1. The van der Waals surface area contributed by atoms with Crippen molar-refractivity contribution in [3.05, 3.63) is 39.9 Å². The first-order chi connectivity index (χ1) is 9.69. The number of benzene rings is 1. The molecule has 3 N–H and O–H groups in total. The van der Waals surface area contributed by atoms with E-state index in [-0.39, 0.29) is 6.54 Å². The lowest BCUT2D eigenvalue weighted by Gasteiger charge is -2.20. The van der Waals surface area contributed by atoms with Crippen molar-refractivity contribution in [2.75, 3.05) is 6.54 Å². The zero-order chi connectivity index (χ0) is 16.0. The fourth-order valence-corrected chi connectivity index (χ4v) is 2.00. The molecule has 1 amide bonds. The van der Waals surface area contributed by atoms with E-state index >= 15 is 0 Å². The van der Waals surface area contributed by atoms with Gasteiger partial charge >= 0.3 is 5.97 Å². The van der Waals surface area contributed by atoms with Crippen LogP contribution in [-0.4, -0.2) is 34.2 Å². The molecule has 0 saturated heterocycles. The van der Waals surface area contributed by atoms with E-state index in [1.165, 1.54) is 19.1 Å². The number of aliphatic carboxylic acids is 1. The number of amides is 1. The van der Waals surface area contributed by atoms with Gasteiger partial charge in [-0.25, -0.2) is 0 Å². The van der Waals surface area contributed by atoms with Crippen molar-refractivity contribution in [3.8, 4) is 0 Å². The molecule has 0 radical (unpaired) electrons. The van der Waals surface area contributed by atoms with Gasteiger partial charge in [0.05, 0.1) is 12.0 Å². The average Bonchev–Trinajstić information content (AvgIpc) is 2.34. The summed E-state index contributed by atoms with van der Waals surface area (Å²) in [4.78, 5) is 22.1. The van der Waals surface area contributed by atoms with Crippen LogP contribution in [0.25, 0.3) is 6.08 Å². The Labute approximate surface area is 132 Å². The van der Waals surface area contributed by atoms with E-state index in [4.69, 9.17) is 28.3 Å². The van der Waals surface area contributed by atoms with Crippen LogP contribution in [0.5, 0.6) is 0 Å². The molecule has 0 fully saturated rings. The van der Waals surface area contributed by atoms with Gasteiger partial charge in [0.1, 0.15) is 0 Å². The minimum absolute atomic E-state index is 0.170. The number of hydrogen-bond acceptors (Lipinski definition) is 3. The van der Waals surface area contributed by atoms with Crippen molar-refractivity contribution in [2.45, 2.75) is 18.9 Å². The van der Waals surface area contributed by atoms with Gasteiger partial charge < -0.3 is 15.5 Å². The van der Waals surface area contributed by atoms with Crippen molar-refractivity contribution in [3.63, 3.8) is 0 Å². The molecule has 1 aromatic carbocycles. The van der Waals surface area contributed by atoms with Crippen LogP contribution in [0, 0.1) is 0 Å². The highest BCUT2D eigenvalue weighted by molar-refractivity contribution is 6.35. The standard InChI is InChI=1S/C14H15Cl2NO4/c1-14(21,7-13(19)20)8-17-12(18)5-3-9-2-4-10(15)6-11(9)16/h2-6,21H,7-8H2,1H3,(H,17,18)(H,19,20). The van der Waals surface area contributed by atoms with E-state index in [0.717, 1.165) is 0 Å². The predicted molar refractivity (Wildman–Crippen MR) is 81.4 cm³/mol. The van der Waals surface area contributed by atoms with Crippen molar-refractivity contribution in [1.82, 2.24) is 5.32 Å². The highest BCUT2D eigenvalue weighted by Crippen LogP contribution is 2.21. The third-order valence-corrected chi connectivity index (χ3v) is 3.11. The van der Waals surface area contributed by atoms with Gasteiger partial charge in [0, 0.05) is 22.7 Å². The molecular weight excluding hydrogens is 317 g/mol. The normalized spacial score (nSPS) is 13.9. The maximum atomic E-state index is 11.6. The van der Waals surface area contributed by atoms with E-state index in [0.29, 0.717) is 15.6 Å². The summed E-state index contributed by atoms with van der Waals surface area (Å²) >= 11 is 11.7. The second-order valence-electron chi connectivity index (χ2n) is 4.78. The Morgan fingerprint density at radius 1 is 1.38 bits per heavy atom. The summed E-state index contributed by atoms with van der Waals surface area (Å²) in [5.74, 6) is -1.61. The summed E-state index contributed by atoms with van der Waals surface area (Å²) in [7, 11) is 0. The molecule has 21 heavy (non-hydrogen) atoms. The third-order valence-electron chi connectivity index (χ3n) is 2.55. The molecule has 0 aromatic heterocycles. The van der Waals surface area contributed by atoms with Crippen LogP contribution in [0.15, 0.2) is 24.3 Å². The highest BCUT2D eigenvalue weighted by atomic mass is 35.5. The SMILES string of the molecule is CC(O)(CNC(=O)C=Cc1ccc(Cl)cc1Cl)CC(=O)O. The Bertz CT molecular complexity index is 570. The topological polar surface area (TPSA) is 86.6 Å². The molecule has 0 saturated carbocycles.